The number of fused-ring (bicyclic) bond motifs is 2. The molecule has 4 amide bonds. The summed E-state index contributed by atoms with van der Waals surface area (Å²) >= 11 is 1.30. The van der Waals surface area contributed by atoms with E-state index in [2.05, 4.69) is 36.3 Å². The summed E-state index contributed by atoms with van der Waals surface area (Å²) in [6, 6.07) is 7.44. The van der Waals surface area contributed by atoms with E-state index in [9.17, 15) is 19.2 Å². The van der Waals surface area contributed by atoms with Crippen LogP contribution in [-0.2, 0) is 23.1 Å². The number of nitrogens with zero attached hydrogens (tertiary/aromatic N) is 4. The molecule has 1 aliphatic rings. The van der Waals surface area contributed by atoms with Gasteiger partial charge in [0.2, 0.25) is 17.6 Å². The Morgan fingerprint density at radius 2 is 1.85 bits per heavy atom. The van der Waals surface area contributed by atoms with Crippen molar-refractivity contribution in [2.75, 3.05) is 13.7 Å². The SMILES string of the molecule is CC[C@H]1NC(=O)[C@@H](NC(=O)c2nc(OC)n(C)n2)CCCCNC(=O)c2csc(n2)[C@H](Cc2ccccc2)NC1=O. The van der Waals surface area contributed by atoms with Gasteiger partial charge in [0.25, 0.3) is 11.8 Å². The van der Waals surface area contributed by atoms with Gasteiger partial charge in [-0.3, -0.25) is 19.2 Å². The third-order valence-electron chi connectivity index (χ3n) is 6.63. The van der Waals surface area contributed by atoms with E-state index in [1.165, 1.54) is 23.1 Å². The van der Waals surface area contributed by atoms with Crippen molar-refractivity contribution in [2.45, 2.75) is 57.2 Å². The molecule has 0 saturated heterocycles. The number of carbonyl (C=O) groups is 4. The highest BCUT2D eigenvalue weighted by Crippen LogP contribution is 2.23. The molecule has 1 aromatic carbocycles. The second-order valence-corrected chi connectivity index (χ2v) is 10.5. The molecule has 1 aliphatic heterocycles. The van der Waals surface area contributed by atoms with E-state index in [0.717, 1.165) is 5.56 Å². The van der Waals surface area contributed by atoms with Crippen LogP contribution in [0.15, 0.2) is 35.7 Å². The first-order chi connectivity index (χ1) is 19.8. The molecule has 3 heterocycles. The number of thiazole rings is 1. The second kappa shape index (κ2) is 13.8. The van der Waals surface area contributed by atoms with Crippen LogP contribution in [0.3, 0.4) is 0 Å². The van der Waals surface area contributed by atoms with E-state index in [4.69, 9.17) is 4.74 Å². The number of ether oxygens (including phenoxy) is 1. The van der Waals surface area contributed by atoms with E-state index in [1.54, 1.807) is 19.4 Å². The maximum absolute atomic E-state index is 13.4. The van der Waals surface area contributed by atoms with E-state index < -0.39 is 35.8 Å². The number of methoxy groups -OCH3 is 1. The van der Waals surface area contributed by atoms with Crippen molar-refractivity contribution in [3.63, 3.8) is 0 Å². The lowest BCUT2D eigenvalue weighted by Gasteiger charge is -2.24. The van der Waals surface area contributed by atoms with Gasteiger partial charge in [0.05, 0.1) is 13.2 Å². The number of hydrogen-bond donors (Lipinski definition) is 4. The van der Waals surface area contributed by atoms with E-state index in [0.29, 0.717) is 37.2 Å². The molecule has 0 unspecified atom stereocenters. The standard InChI is InChI=1S/C27H34N8O5S/c1-4-17-23(37)31-19(14-16-10-6-5-7-11-16)26-32-20(15-41-26)22(36)28-13-9-8-12-18(24(38)29-17)30-25(39)21-33-27(40-3)35(2)34-21/h5-7,10-11,15,17-19H,4,8-9,12-14H2,1-3H3,(H,28,36)(H,29,38)(H,30,39)(H,31,37)/t17-,18+,19+/m1/s1. The molecule has 14 heteroatoms. The minimum absolute atomic E-state index is 0.146. The molecule has 3 aromatic rings. The molecule has 4 rings (SSSR count). The molecule has 0 saturated carbocycles. The van der Waals surface area contributed by atoms with Crippen molar-refractivity contribution in [3.05, 3.63) is 57.8 Å². The third kappa shape index (κ3) is 7.66. The molecule has 0 aliphatic carbocycles. The van der Waals surface area contributed by atoms with Crippen molar-refractivity contribution < 1.29 is 23.9 Å². The van der Waals surface area contributed by atoms with E-state index >= 15 is 0 Å². The Morgan fingerprint density at radius 3 is 2.56 bits per heavy atom. The first kappa shape index (κ1) is 29.6. The predicted molar refractivity (Wildman–Crippen MR) is 150 cm³/mol. The Morgan fingerprint density at radius 1 is 1.10 bits per heavy atom. The highest BCUT2D eigenvalue weighted by Gasteiger charge is 2.30. The van der Waals surface area contributed by atoms with Gasteiger partial charge in [-0.1, -0.05) is 37.3 Å². The molecule has 2 aromatic heterocycles. The van der Waals surface area contributed by atoms with Crippen LogP contribution < -0.4 is 26.0 Å². The zero-order valence-corrected chi connectivity index (χ0v) is 24.0. The van der Waals surface area contributed by atoms with Crippen molar-refractivity contribution in [1.82, 2.24) is 41.0 Å². The molecule has 0 spiro atoms. The highest BCUT2D eigenvalue weighted by molar-refractivity contribution is 7.09. The fourth-order valence-corrected chi connectivity index (χ4v) is 5.25. The normalized spacial score (nSPS) is 20.5. The van der Waals surface area contributed by atoms with Crippen LogP contribution in [0.5, 0.6) is 6.01 Å². The number of aryl methyl sites for hydroxylation is 1. The van der Waals surface area contributed by atoms with Gasteiger partial charge in [-0.25, -0.2) is 9.67 Å². The molecule has 0 fully saturated rings. The molecule has 218 valence electrons. The Bertz CT molecular complexity index is 1370. The molecular formula is C27H34N8O5S. The zero-order chi connectivity index (χ0) is 29.4. The van der Waals surface area contributed by atoms with Gasteiger partial charge >= 0.3 is 6.01 Å². The molecule has 41 heavy (non-hydrogen) atoms. The van der Waals surface area contributed by atoms with Crippen LogP contribution in [0, 0.1) is 0 Å². The Balaban J connectivity index is 1.56. The van der Waals surface area contributed by atoms with Gasteiger partial charge in [0.15, 0.2) is 0 Å². The van der Waals surface area contributed by atoms with Crippen LogP contribution in [0.25, 0.3) is 0 Å². The predicted octanol–water partition coefficient (Wildman–Crippen LogP) is 1.29. The number of nitrogens with one attached hydrogen (secondary N) is 4. The van der Waals surface area contributed by atoms with Gasteiger partial charge in [-0.15, -0.1) is 16.4 Å². The Labute approximate surface area is 241 Å². The monoisotopic (exact) mass is 582 g/mol. The van der Waals surface area contributed by atoms with Crippen LogP contribution in [0.4, 0.5) is 0 Å². The number of amides is 4. The van der Waals surface area contributed by atoms with Crippen molar-refractivity contribution >= 4 is 35.0 Å². The molecular weight excluding hydrogens is 548 g/mol. The van der Waals surface area contributed by atoms with Gasteiger partial charge in [0, 0.05) is 19.0 Å². The number of carbonyl (C=O) groups excluding carboxylic acids is 4. The topological polar surface area (TPSA) is 169 Å². The van der Waals surface area contributed by atoms with Crippen LogP contribution in [0.2, 0.25) is 0 Å². The van der Waals surface area contributed by atoms with E-state index in [-0.39, 0.29) is 29.9 Å². The first-order valence-corrected chi connectivity index (χ1v) is 14.3. The average Bonchev–Trinajstić information content (AvgIpc) is 3.61. The lowest BCUT2D eigenvalue weighted by molar-refractivity contribution is -0.130. The third-order valence-corrected chi connectivity index (χ3v) is 7.59. The smallest absolute Gasteiger partial charge is 0.314 e. The lowest BCUT2D eigenvalue weighted by atomic mass is 10.0. The summed E-state index contributed by atoms with van der Waals surface area (Å²) in [6.07, 6.45) is 2.12. The zero-order valence-electron chi connectivity index (χ0n) is 23.2. The number of aromatic nitrogens is 4. The van der Waals surface area contributed by atoms with Crippen molar-refractivity contribution in [1.29, 1.82) is 0 Å². The summed E-state index contributed by atoms with van der Waals surface area (Å²) in [6.45, 7) is 2.16. The summed E-state index contributed by atoms with van der Waals surface area (Å²) in [5.41, 5.74) is 1.27. The number of rotatable bonds is 6. The number of hydrogen-bond acceptors (Lipinski definition) is 9. The van der Waals surface area contributed by atoms with Gasteiger partial charge in [-0.05, 0) is 37.7 Å². The lowest BCUT2D eigenvalue weighted by Crippen LogP contribution is -2.54. The highest BCUT2D eigenvalue weighted by atomic mass is 32.1. The van der Waals surface area contributed by atoms with Gasteiger partial charge in [0.1, 0.15) is 22.8 Å². The maximum atomic E-state index is 13.4. The fourth-order valence-electron chi connectivity index (χ4n) is 4.40. The van der Waals surface area contributed by atoms with Crippen LogP contribution in [0.1, 0.15) is 70.3 Å². The largest absolute Gasteiger partial charge is 0.467 e. The summed E-state index contributed by atoms with van der Waals surface area (Å²) in [5.74, 6) is -2.00. The quantitative estimate of drug-likeness (QED) is 0.337. The maximum Gasteiger partial charge on any atom is 0.314 e. The summed E-state index contributed by atoms with van der Waals surface area (Å²) < 4.78 is 6.38. The first-order valence-electron chi connectivity index (χ1n) is 13.4. The molecule has 4 N–H and O–H groups in total. The van der Waals surface area contributed by atoms with Gasteiger partial charge in [-0.2, -0.15) is 4.98 Å². The molecule has 2 bridgehead atoms. The average molecular weight is 583 g/mol. The minimum atomic E-state index is -0.957. The molecule has 13 nitrogen and oxygen atoms in total. The summed E-state index contributed by atoms with van der Waals surface area (Å²) in [7, 11) is 2.99. The molecule has 0 radical (unpaired) electrons. The Kier molecular flexibility index (Phi) is 10.0. The second-order valence-electron chi connectivity index (χ2n) is 9.61. The van der Waals surface area contributed by atoms with Crippen molar-refractivity contribution in [2.24, 2.45) is 7.05 Å². The van der Waals surface area contributed by atoms with Crippen LogP contribution >= 0.6 is 11.3 Å². The summed E-state index contributed by atoms with van der Waals surface area (Å²) in [4.78, 5) is 61.0. The minimum Gasteiger partial charge on any atom is -0.467 e. The number of benzene rings is 1. The fraction of sp³-hybridized carbons (Fsp3) is 0.444. The van der Waals surface area contributed by atoms with Crippen LogP contribution in [-0.4, -0.2) is 69.1 Å². The molecule has 3 atom stereocenters. The Hall–Kier alpha value is -4.33. The van der Waals surface area contributed by atoms with E-state index in [1.807, 2.05) is 30.3 Å². The van der Waals surface area contributed by atoms with Crippen molar-refractivity contribution in [3.8, 4) is 6.01 Å². The van der Waals surface area contributed by atoms with Gasteiger partial charge < -0.3 is 26.0 Å². The summed E-state index contributed by atoms with van der Waals surface area (Å²) in [5, 5.41) is 17.7.